The van der Waals surface area contributed by atoms with Crippen molar-refractivity contribution in [3.63, 3.8) is 0 Å². The molecule has 128 valence electrons. The van der Waals surface area contributed by atoms with Crippen LogP contribution < -0.4 is 4.31 Å². The number of likely N-dealkylation sites (N-methyl/N-ethyl adjacent to an activating group) is 1. The Hall–Kier alpha value is -1.76. The van der Waals surface area contributed by atoms with E-state index in [0.717, 1.165) is 4.31 Å². The number of sulfonamides is 1. The lowest BCUT2D eigenvalue weighted by Gasteiger charge is -2.26. The number of anilines is 1. The van der Waals surface area contributed by atoms with Crippen LogP contribution in [0.2, 0.25) is 10.0 Å². The normalized spacial score (nSPS) is 11.2. The van der Waals surface area contributed by atoms with Crippen molar-refractivity contribution in [3.05, 3.63) is 58.6 Å². The molecule has 2 aromatic rings. The van der Waals surface area contributed by atoms with Crippen molar-refractivity contribution in [2.24, 2.45) is 0 Å². The van der Waals surface area contributed by atoms with E-state index in [-0.39, 0.29) is 28.1 Å². The largest absolute Gasteiger partial charge is 0.347 e. The molecule has 24 heavy (non-hydrogen) atoms. The van der Waals surface area contributed by atoms with Gasteiger partial charge in [-0.25, -0.2) is 8.42 Å². The average Bonchev–Trinajstić information content (AvgIpc) is 2.53. The fourth-order valence-electron chi connectivity index (χ4n) is 1.97. The highest BCUT2D eigenvalue weighted by Crippen LogP contribution is 2.32. The third-order valence-corrected chi connectivity index (χ3v) is 5.60. The molecule has 0 N–H and O–H groups in total. The summed E-state index contributed by atoms with van der Waals surface area (Å²) in [6.45, 7) is -0.369. The molecule has 0 saturated carbocycles. The zero-order chi connectivity index (χ0) is 17.9. The zero-order valence-corrected chi connectivity index (χ0v) is 15.4. The number of hydrogen-bond donors (Lipinski definition) is 0. The maximum absolute atomic E-state index is 13.0. The molecule has 2 aromatic carbocycles. The summed E-state index contributed by atoms with van der Waals surface area (Å²) in [6.07, 6.45) is 0. The summed E-state index contributed by atoms with van der Waals surface area (Å²) in [5.74, 6) is -0.375. The molecule has 0 radical (unpaired) electrons. The monoisotopic (exact) mass is 386 g/mol. The first kappa shape index (κ1) is 18.6. The standard InChI is InChI=1S/C16H16Cl2N2O3S/c1-19(2)16(21)11-20(15-9-8-12(17)10-14(15)18)24(22,23)13-6-4-3-5-7-13/h3-10H,11H2,1-2H3. The van der Waals surface area contributed by atoms with E-state index in [4.69, 9.17) is 23.2 Å². The number of hydrogen-bond acceptors (Lipinski definition) is 3. The second kappa shape index (κ2) is 7.42. The summed E-state index contributed by atoms with van der Waals surface area (Å²) in [6, 6.07) is 12.3. The number of carbonyl (C=O) groups excluding carboxylic acids is 1. The van der Waals surface area contributed by atoms with Gasteiger partial charge in [0.25, 0.3) is 10.0 Å². The maximum Gasteiger partial charge on any atom is 0.264 e. The minimum Gasteiger partial charge on any atom is -0.347 e. The summed E-state index contributed by atoms with van der Waals surface area (Å²) in [7, 11) is -0.850. The van der Waals surface area contributed by atoms with E-state index < -0.39 is 10.0 Å². The van der Waals surface area contributed by atoms with Crippen molar-refractivity contribution in [1.29, 1.82) is 0 Å². The van der Waals surface area contributed by atoms with E-state index in [1.54, 1.807) is 32.3 Å². The Morgan fingerprint density at radius 2 is 1.67 bits per heavy atom. The highest BCUT2D eigenvalue weighted by molar-refractivity contribution is 7.92. The fourth-order valence-corrected chi connectivity index (χ4v) is 3.98. The molecule has 8 heteroatoms. The smallest absolute Gasteiger partial charge is 0.264 e. The van der Waals surface area contributed by atoms with E-state index in [9.17, 15) is 13.2 Å². The van der Waals surface area contributed by atoms with E-state index in [1.807, 2.05) is 0 Å². The van der Waals surface area contributed by atoms with E-state index in [0.29, 0.717) is 5.02 Å². The van der Waals surface area contributed by atoms with Crippen molar-refractivity contribution in [2.75, 3.05) is 24.9 Å². The predicted octanol–water partition coefficient (Wildman–Crippen LogP) is 3.28. The number of carbonyl (C=O) groups is 1. The Kier molecular flexibility index (Phi) is 5.74. The van der Waals surface area contributed by atoms with Gasteiger partial charge in [0.2, 0.25) is 5.91 Å². The van der Waals surface area contributed by atoms with E-state index >= 15 is 0 Å². The molecule has 0 aliphatic rings. The molecule has 0 heterocycles. The van der Waals surface area contributed by atoms with Gasteiger partial charge >= 0.3 is 0 Å². The molecule has 0 aromatic heterocycles. The van der Waals surface area contributed by atoms with Crippen LogP contribution >= 0.6 is 23.2 Å². The van der Waals surface area contributed by atoms with Crippen LogP contribution in [0.3, 0.4) is 0 Å². The Balaban J connectivity index is 2.57. The molecule has 0 fully saturated rings. The zero-order valence-electron chi connectivity index (χ0n) is 13.1. The molecular weight excluding hydrogens is 371 g/mol. The molecule has 0 saturated heterocycles. The van der Waals surface area contributed by atoms with E-state index in [1.165, 1.54) is 35.2 Å². The Morgan fingerprint density at radius 3 is 2.21 bits per heavy atom. The number of benzene rings is 2. The van der Waals surface area contributed by atoms with Gasteiger partial charge in [-0.2, -0.15) is 0 Å². The summed E-state index contributed by atoms with van der Waals surface area (Å²) in [5.41, 5.74) is 0.195. The van der Waals surface area contributed by atoms with Crippen molar-refractivity contribution in [2.45, 2.75) is 4.90 Å². The molecule has 0 spiro atoms. The fraction of sp³-hybridized carbons (Fsp3) is 0.188. The molecule has 1 amide bonds. The van der Waals surface area contributed by atoms with Crippen molar-refractivity contribution in [1.82, 2.24) is 4.90 Å². The van der Waals surface area contributed by atoms with Gasteiger partial charge in [0, 0.05) is 19.1 Å². The van der Waals surface area contributed by atoms with Crippen LogP contribution in [0.15, 0.2) is 53.4 Å². The minimum absolute atomic E-state index is 0.0718. The average molecular weight is 387 g/mol. The minimum atomic E-state index is -3.96. The first-order valence-electron chi connectivity index (χ1n) is 6.96. The first-order valence-corrected chi connectivity index (χ1v) is 9.16. The third-order valence-electron chi connectivity index (χ3n) is 3.29. The number of halogens is 2. The van der Waals surface area contributed by atoms with E-state index in [2.05, 4.69) is 0 Å². The lowest BCUT2D eigenvalue weighted by atomic mass is 10.3. The quantitative estimate of drug-likeness (QED) is 0.791. The van der Waals surface area contributed by atoms with Gasteiger partial charge in [-0.3, -0.25) is 9.10 Å². The molecule has 2 rings (SSSR count). The van der Waals surface area contributed by atoms with Crippen LogP contribution in [0, 0.1) is 0 Å². The molecular formula is C16H16Cl2N2O3S. The maximum atomic E-state index is 13.0. The molecule has 0 aliphatic heterocycles. The van der Waals surface area contributed by atoms with Gasteiger partial charge in [-0.1, -0.05) is 41.4 Å². The van der Waals surface area contributed by atoms with Crippen LogP contribution in [-0.2, 0) is 14.8 Å². The van der Waals surface area contributed by atoms with Crippen LogP contribution in [0.25, 0.3) is 0 Å². The van der Waals surface area contributed by atoms with Gasteiger partial charge in [0.1, 0.15) is 6.54 Å². The Bertz CT molecular complexity index is 840. The second-order valence-electron chi connectivity index (χ2n) is 5.21. The Morgan fingerprint density at radius 1 is 1.04 bits per heavy atom. The highest BCUT2D eigenvalue weighted by Gasteiger charge is 2.29. The lowest BCUT2D eigenvalue weighted by molar-refractivity contribution is -0.127. The van der Waals surface area contributed by atoms with Gasteiger partial charge in [0.05, 0.1) is 15.6 Å². The molecule has 0 atom stereocenters. The predicted molar refractivity (Wildman–Crippen MR) is 96.1 cm³/mol. The van der Waals surface area contributed by atoms with Crippen LogP contribution in [0.1, 0.15) is 0 Å². The molecule has 0 aliphatic carbocycles. The van der Waals surface area contributed by atoms with Gasteiger partial charge in [0.15, 0.2) is 0 Å². The summed E-state index contributed by atoms with van der Waals surface area (Å²) in [5, 5.41) is 0.522. The number of nitrogens with zero attached hydrogens (tertiary/aromatic N) is 2. The molecule has 0 unspecified atom stereocenters. The van der Waals surface area contributed by atoms with Crippen molar-refractivity contribution >= 4 is 44.8 Å². The summed E-state index contributed by atoms with van der Waals surface area (Å²) >= 11 is 12.0. The summed E-state index contributed by atoms with van der Waals surface area (Å²) < 4.78 is 27.0. The SMILES string of the molecule is CN(C)C(=O)CN(c1ccc(Cl)cc1Cl)S(=O)(=O)c1ccccc1. The van der Waals surface area contributed by atoms with Crippen LogP contribution in [0.4, 0.5) is 5.69 Å². The van der Waals surface area contributed by atoms with Gasteiger partial charge < -0.3 is 4.90 Å². The lowest BCUT2D eigenvalue weighted by Crippen LogP contribution is -2.40. The first-order chi connectivity index (χ1) is 11.2. The number of amides is 1. The van der Waals surface area contributed by atoms with Gasteiger partial charge in [-0.05, 0) is 30.3 Å². The molecule has 5 nitrogen and oxygen atoms in total. The second-order valence-corrected chi connectivity index (χ2v) is 7.91. The highest BCUT2D eigenvalue weighted by atomic mass is 35.5. The van der Waals surface area contributed by atoms with Crippen molar-refractivity contribution < 1.29 is 13.2 Å². The Labute approximate surface area is 151 Å². The molecule has 0 bridgehead atoms. The topological polar surface area (TPSA) is 57.7 Å². The third kappa shape index (κ3) is 4.01. The summed E-state index contributed by atoms with van der Waals surface area (Å²) in [4.78, 5) is 13.5. The van der Waals surface area contributed by atoms with Gasteiger partial charge in [-0.15, -0.1) is 0 Å². The van der Waals surface area contributed by atoms with Crippen molar-refractivity contribution in [3.8, 4) is 0 Å². The number of rotatable bonds is 5. The van der Waals surface area contributed by atoms with Crippen LogP contribution in [0.5, 0.6) is 0 Å². The van der Waals surface area contributed by atoms with Crippen LogP contribution in [-0.4, -0.2) is 39.9 Å².